The molecule has 13 N–H and O–H groups in total. The monoisotopic (exact) mass is 2440 g/mol. The number of aliphatic hydroxyl groups excluding tert-OH is 3. The third-order valence-corrected chi connectivity index (χ3v) is 30.0. The number of quaternary nitrogens is 1. The maximum atomic E-state index is 12.9. The van der Waals surface area contributed by atoms with Crippen LogP contribution in [-0.2, 0) is 185 Å². The second-order valence-corrected chi connectivity index (χ2v) is 54.0. The molecule has 0 spiro atoms. The summed E-state index contributed by atoms with van der Waals surface area (Å²) < 4.78 is 272. The van der Waals surface area contributed by atoms with E-state index in [0.717, 1.165) is 6.26 Å². The molecule has 0 saturated heterocycles. The van der Waals surface area contributed by atoms with Crippen LogP contribution in [0.1, 0.15) is 68.2 Å². The molecule has 0 aliphatic carbocycles. The summed E-state index contributed by atoms with van der Waals surface area (Å²) in [5.41, 5.74) is -7.82. The molecule has 150 heavy (non-hydrogen) atoms. The molecule has 0 heterocycles. The van der Waals surface area contributed by atoms with Crippen molar-refractivity contribution in [1.82, 2.24) is 26.2 Å². The van der Waals surface area contributed by atoms with E-state index in [-0.39, 0.29) is 99.6 Å². The number of carbonyl (C=O) groups is 4. The van der Waals surface area contributed by atoms with Gasteiger partial charge in [0, 0.05) is 140 Å². The van der Waals surface area contributed by atoms with Gasteiger partial charge in [-0.15, -0.1) is 6.42 Å². The summed E-state index contributed by atoms with van der Waals surface area (Å²) in [6.07, 6.45) is -2.65. The van der Waals surface area contributed by atoms with Gasteiger partial charge in [0.1, 0.15) is 90.5 Å². The lowest BCUT2D eigenvalue weighted by Crippen LogP contribution is -3.00. The average molecular weight is 2440 g/mol. The lowest BCUT2D eigenvalue weighted by molar-refractivity contribution is -0.821. The van der Waals surface area contributed by atoms with E-state index in [1.807, 2.05) is 19.0 Å². The first-order valence-corrected chi connectivity index (χ1v) is 61.8. The summed E-state index contributed by atoms with van der Waals surface area (Å²) in [5.74, 6) is 37.6. The van der Waals surface area contributed by atoms with Crippen LogP contribution in [0.4, 0.5) is 9.59 Å². The zero-order chi connectivity index (χ0) is 116. The molecule has 0 aliphatic rings. The highest BCUT2D eigenvalue weighted by Gasteiger charge is 2.43. The molecule has 0 saturated carbocycles. The number of aliphatic hydroxyl groups is 3. The highest BCUT2D eigenvalue weighted by Crippen LogP contribution is 2.52. The van der Waals surface area contributed by atoms with Crippen LogP contribution in [0.2, 0.25) is 0 Å². The third-order valence-electron chi connectivity index (χ3n) is 16.3. The quantitative estimate of drug-likeness (QED) is 0.0178. The van der Waals surface area contributed by atoms with E-state index in [1.165, 1.54) is 85.3 Å². The van der Waals surface area contributed by atoms with Crippen LogP contribution in [0.15, 0.2) is 0 Å². The number of rotatable bonds is 68. The number of terminal acetylenes is 1. The minimum atomic E-state index is -4.69. The van der Waals surface area contributed by atoms with Gasteiger partial charge in [-0.1, -0.05) is 0 Å². The Morgan fingerprint density at radius 3 is 0.773 bits per heavy atom. The van der Waals surface area contributed by atoms with Crippen molar-refractivity contribution in [3.8, 4) is 107 Å². The minimum Gasteiger partial charge on any atom is -1.00 e. The van der Waals surface area contributed by atoms with Crippen molar-refractivity contribution in [3.63, 3.8) is 0 Å². The van der Waals surface area contributed by atoms with Gasteiger partial charge in [0.15, 0.2) is 12.4 Å². The number of halogens is 1. The topological polar surface area (TPSA) is 747 Å². The van der Waals surface area contributed by atoms with Crippen molar-refractivity contribution in [2.75, 3.05) is 289 Å². The fraction of sp³-hybridized carbons (Fsp3) is 0.728. The van der Waals surface area contributed by atoms with Crippen molar-refractivity contribution in [1.29, 1.82) is 0 Å². The van der Waals surface area contributed by atoms with Crippen molar-refractivity contribution >= 4 is 110 Å². The molecule has 0 aromatic carbocycles. The maximum absolute atomic E-state index is 12.9. The molecule has 69 heteroatoms. The summed E-state index contributed by atoms with van der Waals surface area (Å²) in [6, 6.07) is 2.81. The minimum absolute atomic E-state index is 0. The SMILES string of the molecule is C#CC#CC#CC#CC#CC#CC#CC#CC#C[N+](C)(C)CCC(=O)NC(COCP(=O)(O)O)(COCP(=O)(O)O)COCP(=O)(O)O.CC(C)(C)OC(=O)NC(CO)(CO)CO.CCOP(=O)(COS(C)(=O)=O)OCC.COP(=O)(COCC(COCP(=O)(OC)OC)(COCP(=O)(OC)OC)NC(=O)CCN(C)C)OC.COP(=O)(COCC(COCP(=O)(OC)OC)(COCP(=O)(OC)OC)NC(=O)OC(C)(C)C)OC.[Br-]. The van der Waals surface area contributed by atoms with E-state index in [9.17, 15) is 73.2 Å². The normalized spacial score (nSPS) is 12.3. The Hall–Kier alpha value is -5.15. The second-order valence-electron chi connectivity index (χ2n) is 32.3. The Bertz CT molecular complexity index is 4980. The molecular weight excluding hydrogens is 2290 g/mol. The molecule has 4 amide bonds. The summed E-state index contributed by atoms with van der Waals surface area (Å²) in [5, 5.41) is 36.9. The van der Waals surface area contributed by atoms with E-state index in [4.69, 9.17) is 167 Å². The van der Waals surface area contributed by atoms with Crippen molar-refractivity contribution in [2.45, 2.75) is 102 Å². The first-order chi connectivity index (χ1) is 68.8. The standard InChI is InChI=1S/C30H29N2O13P3.C18H41N2O13P3.C18H40NO14P3.C9H19NO5.C6H15O6PS.BrH/c1-4-5-6-7-8-9-10-11-12-13-14-15-16-17-18-19-21-32(2,3)22-20-29(33)31-30(23-43-26-46(34,35)36,24-44-27-47(37,38)39)25-45-28-48(40,41)42;1-20(2)10-9-17(21)19-18(11-31-14-34(22,25-3)26-4,12-32-15-35(23,27-5)28-6)13-33-16-36(24,29-7)30-8;1-17(2,3)33-16(20)19-18(10-30-13-34(21,24-4)25-5,11-31-14-35(22,26-6)27-7)12-32-15-36(23,28-8)29-9;1-8(2,3)15-7(14)10-9(4-11,5-12)6-13;1-4-10-13(7,11-5-2)6-12-14(3,8)9;/h1H,20,22-28H2,2-3H3,(H6-,31,33,34,35,36,37,38,39,40,41,42);9-16H2,1-8H3,(H,19,21);10-15H2,1-9H3,(H,19,20);11-13H,4-6H2,1-3H3,(H,10,14);4-6H2,1-3H3;1H. The average Bonchev–Trinajstić information content (AvgIpc) is 0.833. The first-order valence-electron chi connectivity index (χ1n) is 42.5. The number of ether oxygens (including phenoxy) is 11. The van der Waals surface area contributed by atoms with Gasteiger partial charge in [-0.2, -0.15) is 8.42 Å². The van der Waals surface area contributed by atoms with Crippen molar-refractivity contribution in [2.24, 2.45) is 0 Å². The molecule has 0 aromatic heterocycles. The third kappa shape index (κ3) is 82.3. The Labute approximate surface area is 888 Å². The number of carbonyl (C=O) groups excluding carboxylic acids is 4. The van der Waals surface area contributed by atoms with E-state index < -0.39 is 241 Å². The first kappa shape index (κ1) is 155. The number of hydrogen-bond donors (Lipinski definition) is 13. The number of amides is 4. The van der Waals surface area contributed by atoms with Gasteiger partial charge in [0.2, 0.25) is 11.8 Å². The highest BCUT2D eigenvalue weighted by atomic mass is 79.9. The molecular formula is C81H145BrN6O51P10S. The number of alkyl carbamates (subject to hydrolysis) is 2. The molecule has 0 unspecified atom stereocenters. The van der Waals surface area contributed by atoms with Crippen LogP contribution in [-0.4, -0.2) is 409 Å². The van der Waals surface area contributed by atoms with Gasteiger partial charge in [0.25, 0.3) is 10.1 Å². The van der Waals surface area contributed by atoms with Crippen molar-refractivity contribution < 1.29 is 259 Å². The van der Waals surface area contributed by atoms with Crippen LogP contribution >= 0.6 is 76.0 Å². The lowest BCUT2D eigenvalue weighted by Gasteiger charge is -2.35. The molecule has 0 atom stereocenters. The molecule has 0 fully saturated rings. The number of hydrogen-bond acceptors (Lipinski definition) is 46. The number of nitrogens with zero attached hydrogens (tertiary/aromatic N) is 2. The van der Waals surface area contributed by atoms with Crippen molar-refractivity contribution in [3.05, 3.63) is 0 Å². The van der Waals surface area contributed by atoms with Crippen LogP contribution in [0.5, 0.6) is 0 Å². The smallest absolute Gasteiger partial charge is 0.408 e. The molecule has 0 rings (SSSR count). The Morgan fingerprint density at radius 2 is 0.567 bits per heavy atom. The fourth-order valence-electron chi connectivity index (χ4n) is 9.05. The van der Waals surface area contributed by atoms with Gasteiger partial charge in [0.05, 0.1) is 132 Å². The van der Waals surface area contributed by atoms with E-state index >= 15 is 0 Å². The Morgan fingerprint density at radius 1 is 0.347 bits per heavy atom. The summed E-state index contributed by atoms with van der Waals surface area (Å²) in [6.45, 7) is 8.24. The second kappa shape index (κ2) is 78.9. The maximum Gasteiger partial charge on any atom is 0.408 e. The van der Waals surface area contributed by atoms with E-state index in [0.29, 0.717) is 6.54 Å². The van der Waals surface area contributed by atoms with Gasteiger partial charge < -0.3 is 203 Å². The van der Waals surface area contributed by atoms with Gasteiger partial charge in [-0.25, -0.2) is 14.1 Å². The fourth-order valence-corrected chi connectivity index (χ4v) is 16.4. The van der Waals surface area contributed by atoms with Crippen LogP contribution in [0.3, 0.4) is 0 Å². The zero-order valence-electron chi connectivity index (χ0n) is 88.2. The number of nitrogens with one attached hydrogen (secondary N) is 4. The summed E-state index contributed by atoms with van der Waals surface area (Å²) in [4.78, 5) is 106. The molecule has 868 valence electrons. The zero-order valence-corrected chi connectivity index (χ0v) is 99.5. The molecule has 0 aromatic rings. The Kier molecular flexibility index (Phi) is 81.8. The van der Waals surface area contributed by atoms with Gasteiger partial charge in [-0.05, 0) is 117 Å². The van der Waals surface area contributed by atoms with Crippen LogP contribution in [0, 0.1) is 107 Å². The van der Waals surface area contributed by atoms with E-state index in [2.05, 4.69) is 126 Å². The summed E-state index contributed by atoms with van der Waals surface area (Å²) in [7, 11) is -21.2. The van der Waals surface area contributed by atoms with Gasteiger partial charge >= 0.3 is 88.1 Å². The molecule has 0 radical (unpaired) electrons. The highest BCUT2D eigenvalue weighted by molar-refractivity contribution is 7.86. The largest absolute Gasteiger partial charge is 1.00 e. The molecule has 0 aliphatic heterocycles. The Balaban J connectivity index is -0.000000459. The van der Waals surface area contributed by atoms with Gasteiger partial charge in [-0.3, -0.25) is 59.4 Å². The predicted molar refractivity (Wildman–Crippen MR) is 538 cm³/mol. The van der Waals surface area contributed by atoms with E-state index in [1.54, 1.807) is 69.5 Å². The van der Waals surface area contributed by atoms with Crippen LogP contribution in [0.25, 0.3) is 0 Å². The molecule has 0 bridgehead atoms. The molecule has 57 nitrogen and oxygen atoms in total. The predicted octanol–water partition coefficient (Wildman–Crippen LogP) is 1.60. The lowest BCUT2D eigenvalue weighted by atomic mass is 10.0. The van der Waals surface area contributed by atoms with Crippen LogP contribution < -0.4 is 38.2 Å². The summed E-state index contributed by atoms with van der Waals surface area (Å²) >= 11 is 0.